The SMILES string of the molecule is C=CC(=O)OCCC(=C)C(=O)OC1CC2(C)C3OC(=O)CC3C1C2(C)C. The normalized spacial score (nSPS) is 36.2. The lowest BCUT2D eigenvalue weighted by Crippen LogP contribution is -2.40. The van der Waals surface area contributed by atoms with Gasteiger partial charge in [0, 0.05) is 35.3 Å². The highest BCUT2D eigenvalue weighted by Crippen LogP contribution is 2.71. The lowest BCUT2D eigenvalue weighted by Gasteiger charge is -2.37. The monoisotopic (exact) mass is 362 g/mol. The van der Waals surface area contributed by atoms with Crippen LogP contribution in [0.4, 0.5) is 0 Å². The van der Waals surface area contributed by atoms with Gasteiger partial charge in [-0.25, -0.2) is 9.59 Å². The summed E-state index contributed by atoms with van der Waals surface area (Å²) in [4.78, 5) is 35.2. The molecule has 5 unspecified atom stereocenters. The number of ether oxygens (including phenoxy) is 3. The number of hydrogen-bond donors (Lipinski definition) is 0. The van der Waals surface area contributed by atoms with E-state index < -0.39 is 11.9 Å². The smallest absolute Gasteiger partial charge is 0.333 e. The third-order valence-corrected chi connectivity index (χ3v) is 6.83. The second-order valence-electron chi connectivity index (χ2n) is 8.32. The summed E-state index contributed by atoms with van der Waals surface area (Å²) >= 11 is 0. The molecule has 5 atom stereocenters. The van der Waals surface area contributed by atoms with Crippen molar-refractivity contribution in [1.82, 2.24) is 0 Å². The molecule has 1 aliphatic heterocycles. The summed E-state index contributed by atoms with van der Waals surface area (Å²) in [5, 5.41) is 0. The average molecular weight is 362 g/mol. The molecule has 0 N–H and O–H groups in total. The number of carbonyl (C=O) groups is 3. The molecule has 3 rings (SSSR count). The van der Waals surface area contributed by atoms with Crippen LogP contribution in [0.1, 0.15) is 40.0 Å². The topological polar surface area (TPSA) is 78.9 Å². The average Bonchev–Trinajstić information content (AvgIpc) is 3.08. The summed E-state index contributed by atoms with van der Waals surface area (Å²) in [6.07, 6.45) is 1.99. The standard InChI is InChI=1S/C20H26O6/c1-6-14(21)24-8-7-11(2)18(23)25-13-10-20(5)17-12(9-15(22)26-17)16(13)19(20,3)4/h6,12-13,16-17H,1-2,7-10H2,3-5H3. The van der Waals surface area contributed by atoms with Gasteiger partial charge in [0.25, 0.3) is 0 Å². The van der Waals surface area contributed by atoms with E-state index in [2.05, 4.69) is 33.9 Å². The van der Waals surface area contributed by atoms with Crippen LogP contribution in [0.2, 0.25) is 0 Å². The van der Waals surface area contributed by atoms with Crippen molar-refractivity contribution in [1.29, 1.82) is 0 Å². The molecule has 142 valence electrons. The van der Waals surface area contributed by atoms with Crippen LogP contribution < -0.4 is 0 Å². The van der Waals surface area contributed by atoms with Crippen molar-refractivity contribution in [2.24, 2.45) is 22.7 Å². The van der Waals surface area contributed by atoms with Crippen LogP contribution in [-0.4, -0.2) is 36.7 Å². The van der Waals surface area contributed by atoms with Gasteiger partial charge in [-0.15, -0.1) is 0 Å². The zero-order valence-electron chi connectivity index (χ0n) is 15.6. The summed E-state index contributed by atoms with van der Waals surface area (Å²) in [5.41, 5.74) is -0.0300. The van der Waals surface area contributed by atoms with Crippen LogP contribution in [0.3, 0.4) is 0 Å². The number of hydrogen-bond acceptors (Lipinski definition) is 6. The molecule has 0 aromatic carbocycles. The molecule has 2 bridgehead atoms. The first kappa shape index (κ1) is 18.7. The second-order valence-corrected chi connectivity index (χ2v) is 8.32. The quantitative estimate of drug-likeness (QED) is 0.410. The Balaban J connectivity index is 1.63. The van der Waals surface area contributed by atoms with E-state index in [1.165, 1.54) is 0 Å². The van der Waals surface area contributed by atoms with Gasteiger partial charge >= 0.3 is 17.9 Å². The first-order valence-corrected chi connectivity index (χ1v) is 8.99. The molecule has 1 heterocycles. The summed E-state index contributed by atoms with van der Waals surface area (Å²) in [5.74, 6) is -0.994. The van der Waals surface area contributed by atoms with Crippen molar-refractivity contribution in [2.45, 2.75) is 52.2 Å². The lowest BCUT2D eigenvalue weighted by atomic mass is 9.70. The molecule has 6 heteroatoms. The van der Waals surface area contributed by atoms with E-state index in [-0.39, 0.29) is 59.4 Å². The van der Waals surface area contributed by atoms with Crippen molar-refractivity contribution >= 4 is 17.9 Å². The molecular weight excluding hydrogens is 336 g/mol. The summed E-state index contributed by atoms with van der Waals surface area (Å²) in [7, 11) is 0. The second kappa shape index (κ2) is 6.25. The third-order valence-electron chi connectivity index (χ3n) is 6.83. The van der Waals surface area contributed by atoms with Gasteiger partial charge < -0.3 is 14.2 Å². The Kier molecular flexibility index (Phi) is 4.49. The van der Waals surface area contributed by atoms with E-state index in [1.807, 2.05) is 0 Å². The molecule has 3 fully saturated rings. The summed E-state index contributed by atoms with van der Waals surface area (Å²) < 4.78 is 16.2. The van der Waals surface area contributed by atoms with Gasteiger partial charge in [0.05, 0.1) is 13.0 Å². The Morgan fingerprint density at radius 1 is 1.35 bits per heavy atom. The fourth-order valence-corrected chi connectivity index (χ4v) is 5.21. The van der Waals surface area contributed by atoms with Crippen LogP contribution in [0, 0.1) is 22.7 Å². The molecule has 0 spiro atoms. The van der Waals surface area contributed by atoms with E-state index >= 15 is 0 Å². The van der Waals surface area contributed by atoms with E-state index in [1.54, 1.807) is 0 Å². The van der Waals surface area contributed by atoms with Gasteiger partial charge in [-0.05, 0) is 11.8 Å². The van der Waals surface area contributed by atoms with Crippen LogP contribution in [0.15, 0.2) is 24.8 Å². The summed E-state index contributed by atoms with van der Waals surface area (Å²) in [6, 6.07) is 0. The van der Waals surface area contributed by atoms with Gasteiger partial charge in [0.1, 0.15) is 12.2 Å². The molecule has 2 saturated carbocycles. The van der Waals surface area contributed by atoms with Crippen LogP contribution in [0.25, 0.3) is 0 Å². The number of rotatable bonds is 6. The number of fused-ring (bicyclic) bond motifs is 5. The first-order chi connectivity index (χ1) is 12.1. The molecule has 6 nitrogen and oxygen atoms in total. The van der Waals surface area contributed by atoms with Crippen LogP contribution in [-0.2, 0) is 28.6 Å². The van der Waals surface area contributed by atoms with Gasteiger partial charge in [-0.2, -0.15) is 0 Å². The highest BCUT2D eigenvalue weighted by Gasteiger charge is 2.74. The molecular formula is C20H26O6. The number of carbonyl (C=O) groups excluding carboxylic acids is 3. The highest BCUT2D eigenvalue weighted by molar-refractivity contribution is 5.88. The van der Waals surface area contributed by atoms with Crippen LogP contribution in [0.5, 0.6) is 0 Å². The van der Waals surface area contributed by atoms with Crippen LogP contribution >= 0.6 is 0 Å². The minimum Gasteiger partial charge on any atom is -0.462 e. The van der Waals surface area contributed by atoms with E-state index in [9.17, 15) is 14.4 Å². The fraction of sp³-hybridized carbons (Fsp3) is 0.650. The maximum absolute atomic E-state index is 12.4. The molecule has 3 aliphatic rings. The van der Waals surface area contributed by atoms with Crippen molar-refractivity contribution in [3.8, 4) is 0 Å². The van der Waals surface area contributed by atoms with Crippen molar-refractivity contribution < 1.29 is 28.6 Å². The zero-order chi connectivity index (χ0) is 19.3. The molecule has 0 aromatic rings. The minimum absolute atomic E-state index is 0.0587. The Morgan fingerprint density at radius 2 is 2.04 bits per heavy atom. The van der Waals surface area contributed by atoms with Gasteiger partial charge in [0.2, 0.25) is 0 Å². The van der Waals surface area contributed by atoms with E-state index in [0.717, 1.165) is 6.08 Å². The highest BCUT2D eigenvalue weighted by atomic mass is 16.6. The molecule has 0 amide bonds. The maximum Gasteiger partial charge on any atom is 0.333 e. The van der Waals surface area contributed by atoms with Crippen molar-refractivity contribution in [3.63, 3.8) is 0 Å². The predicted octanol–water partition coefficient (Wildman–Crippen LogP) is 2.57. The maximum atomic E-state index is 12.4. The Hall–Kier alpha value is -2.11. The summed E-state index contributed by atoms with van der Waals surface area (Å²) in [6.45, 7) is 13.6. The molecule has 0 radical (unpaired) electrons. The van der Waals surface area contributed by atoms with E-state index in [0.29, 0.717) is 12.8 Å². The van der Waals surface area contributed by atoms with Gasteiger partial charge in [-0.1, -0.05) is 33.9 Å². The van der Waals surface area contributed by atoms with Crippen molar-refractivity contribution in [3.05, 3.63) is 24.8 Å². The molecule has 1 saturated heterocycles. The van der Waals surface area contributed by atoms with Gasteiger partial charge in [-0.3, -0.25) is 4.79 Å². The predicted molar refractivity (Wildman–Crippen MR) is 92.8 cm³/mol. The first-order valence-electron chi connectivity index (χ1n) is 8.99. The Morgan fingerprint density at radius 3 is 2.69 bits per heavy atom. The van der Waals surface area contributed by atoms with Gasteiger partial charge in [0.15, 0.2) is 0 Å². The lowest BCUT2D eigenvalue weighted by molar-refractivity contribution is -0.154. The van der Waals surface area contributed by atoms with E-state index in [4.69, 9.17) is 14.2 Å². The minimum atomic E-state index is -0.536. The molecule has 0 aromatic heterocycles. The molecule has 26 heavy (non-hydrogen) atoms. The van der Waals surface area contributed by atoms with Crippen molar-refractivity contribution in [2.75, 3.05) is 6.61 Å². The Bertz CT molecular complexity index is 678. The molecule has 2 aliphatic carbocycles. The fourth-order valence-electron chi connectivity index (χ4n) is 5.21. The Labute approximate surface area is 153 Å². The zero-order valence-corrected chi connectivity index (χ0v) is 15.6. The third kappa shape index (κ3) is 2.66. The largest absolute Gasteiger partial charge is 0.462 e. The number of esters is 3.